The van der Waals surface area contributed by atoms with Crippen molar-refractivity contribution in [1.82, 2.24) is 0 Å². The maximum atomic E-state index is 10.2. The van der Waals surface area contributed by atoms with Gasteiger partial charge in [-0.2, -0.15) is 0 Å². The molecule has 0 unspecified atom stereocenters. The van der Waals surface area contributed by atoms with E-state index in [4.69, 9.17) is 0 Å². The van der Waals surface area contributed by atoms with Crippen molar-refractivity contribution < 1.29 is 38.2 Å². The Labute approximate surface area is 71.0 Å². The van der Waals surface area contributed by atoms with E-state index in [0.29, 0.717) is 0 Å². The molecule has 0 fully saturated rings. The Kier molecular flexibility index (Phi) is 7.91. The second-order valence-corrected chi connectivity index (χ2v) is 1.19. The van der Waals surface area contributed by atoms with Crippen molar-refractivity contribution in [3.63, 3.8) is 0 Å². The molecule has 0 N–H and O–H groups in total. The monoisotopic (exact) mass is 138 g/mol. The van der Waals surface area contributed by atoms with Gasteiger partial charge >= 0.3 is 24.8 Å². The van der Waals surface area contributed by atoms with Crippen LogP contribution in [-0.2, 0) is 14.3 Å². The average molecular weight is 138 g/mol. The quantitative estimate of drug-likeness (QED) is 0.169. The topological polar surface area (TPSA) is 58.6 Å². The predicted molar refractivity (Wildman–Crippen MR) is 27.1 cm³/mol. The van der Waals surface area contributed by atoms with Crippen LogP contribution in [0.15, 0.2) is 12.0 Å². The molecule has 10 heavy (non-hydrogen) atoms. The van der Waals surface area contributed by atoms with Gasteiger partial charge in [0, 0.05) is 6.08 Å². The summed E-state index contributed by atoms with van der Waals surface area (Å²) in [6.07, 6.45) is 0.722. The molecule has 0 saturated heterocycles. The Morgan fingerprint density at radius 2 is 1.90 bits per heavy atom. The van der Waals surface area contributed by atoms with Crippen LogP contribution in [0.4, 0.5) is 0 Å². The molecule has 0 amide bonds. The van der Waals surface area contributed by atoms with Crippen LogP contribution in [0.25, 0.3) is 0 Å². The zero-order valence-corrected chi connectivity index (χ0v) is 6.21. The molecule has 0 aliphatic rings. The fourth-order valence-electron chi connectivity index (χ4n) is 0.214. The van der Waals surface area contributed by atoms with Crippen molar-refractivity contribution in [2.75, 3.05) is 14.2 Å². The van der Waals surface area contributed by atoms with Crippen molar-refractivity contribution >= 4 is 5.97 Å². The minimum Gasteiger partial charge on any atom is -0.616 e. The van der Waals surface area contributed by atoms with Crippen LogP contribution in [-0.4, -0.2) is 20.2 Å². The largest absolute Gasteiger partial charge is 1.00 e. The van der Waals surface area contributed by atoms with E-state index >= 15 is 0 Å². The predicted octanol–water partition coefficient (Wildman–Crippen LogP) is -3.99. The van der Waals surface area contributed by atoms with Crippen LogP contribution in [0.1, 0.15) is 0 Å². The van der Waals surface area contributed by atoms with Crippen molar-refractivity contribution in [3.05, 3.63) is 12.0 Å². The molecule has 4 nitrogen and oxygen atoms in total. The number of rotatable bonds is 2. The van der Waals surface area contributed by atoms with Crippen molar-refractivity contribution in [2.24, 2.45) is 0 Å². The smallest absolute Gasteiger partial charge is 0.616 e. The van der Waals surface area contributed by atoms with Gasteiger partial charge in [0.25, 0.3) is 0 Å². The van der Waals surface area contributed by atoms with Gasteiger partial charge in [0.15, 0.2) is 0 Å². The zero-order chi connectivity index (χ0) is 7.28. The van der Waals surface area contributed by atoms with E-state index in [1.165, 1.54) is 14.2 Å². The molecule has 5 heteroatoms. The molecule has 0 heterocycles. The number of hydrogen-bond donors (Lipinski definition) is 0. The summed E-state index contributed by atoms with van der Waals surface area (Å²) in [5, 5.41) is 10.2. The fraction of sp³-hybridized carbons (Fsp3) is 0.400. The summed E-state index contributed by atoms with van der Waals surface area (Å²) in [7, 11) is 2.36. The summed E-state index contributed by atoms with van der Waals surface area (Å²) in [5.41, 5.74) is 0. The second kappa shape index (κ2) is 6.53. The van der Waals surface area contributed by atoms with E-state index in [9.17, 15) is 9.90 Å². The number of carbonyl (C=O) groups is 1. The molecule has 52 valence electrons. The van der Waals surface area contributed by atoms with Crippen LogP contribution < -0.4 is 24.0 Å². The van der Waals surface area contributed by atoms with E-state index in [1.54, 1.807) is 0 Å². The first-order valence-electron chi connectivity index (χ1n) is 2.21. The van der Waals surface area contributed by atoms with Gasteiger partial charge in [-0.3, -0.25) is 0 Å². The van der Waals surface area contributed by atoms with E-state index < -0.39 is 11.9 Å². The molecule has 0 saturated carbocycles. The summed E-state index contributed by atoms with van der Waals surface area (Å²) >= 11 is 0. The van der Waals surface area contributed by atoms with Crippen molar-refractivity contribution in [2.45, 2.75) is 0 Å². The molecule has 0 aliphatic carbocycles. The van der Waals surface area contributed by atoms with Gasteiger partial charge in [-0.25, -0.2) is 4.79 Å². The van der Waals surface area contributed by atoms with Gasteiger partial charge in [-0.1, -0.05) is 0 Å². The Bertz CT molecular complexity index is 132. The summed E-state index contributed by atoms with van der Waals surface area (Å²) < 4.78 is 8.25. The minimum absolute atomic E-state index is 0. The van der Waals surface area contributed by atoms with Gasteiger partial charge in [0.05, 0.1) is 13.1 Å². The third-order valence-electron chi connectivity index (χ3n) is 0.638. The summed E-state index contributed by atoms with van der Waals surface area (Å²) in [4.78, 5) is 10.2. The molecule has 0 aromatic rings. The SMILES string of the molecule is COC(=O)C=C([O-])OC.[Li+]. The molecule has 0 aromatic heterocycles. The Balaban J connectivity index is 0. The second-order valence-electron chi connectivity index (χ2n) is 1.19. The summed E-state index contributed by atoms with van der Waals surface area (Å²) in [6, 6.07) is 0. The first kappa shape index (κ1) is 12.1. The maximum Gasteiger partial charge on any atom is 1.00 e. The van der Waals surface area contributed by atoms with Crippen molar-refractivity contribution in [1.29, 1.82) is 0 Å². The average Bonchev–Trinajstić information content (AvgIpc) is 1.87. The third kappa shape index (κ3) is 5.54. The third-order valence-corrected chi connectivity index (χ3v) is 0.638. The minimum atomic E-state index is -0.707. The zero-order valence-electron chi connectivity index (χ0n) is 6.21. The number of esters is 1. The number of ether oxygens (including phenoxy) is 2. The van der Waals surface area contributed by atoms with E-state index in [2.05, 4.69) is 9.47 Å². The molecule has 0 aromatic carbocycles. The van der Waals surface area contributed by atoms with Crippen LogP contribution >= 0.6 is 0 Å². The Morgan fingerprint density at radius 3 is 2.20 bits per heavy atom. The fourth-order valence-corrected chi connectivity index (χ4v) is 0.214. The number of methoxy groups -OCH3 is 2. The van der Waals surface area contributed by atoms with Crippen LogP contribution in [0.5, 0.6) is 0 Å². The van der Waals surface area contributed by atoms with Gasteiger partial charge in [-0.15, -0.1) is 0 Å². The molecular weight excluding hydrogens is 131 g/mol. The maximum absolute atomic E-state index is 10.2. The molecule has 0 spiro atoms. The first-order chi connectivity index (χ1) is 4.20. The number of hydrogen-bond acceptors (Lipinski definition) is 4. The molecule has 0 radical (unpaired) electrons. The van der Waals surface area contributed by atoms with Crippen molar-refractivity contribution in [3.8, 4) is 0 Å². The van der Waals surface area contributed by atoms with Gasteiger partial charge in [0.1, 0.15) is 0 Å². The van der Waals surface area contributed by atoms with Gasteiger partial charge in [-0.05, 0) is 7.11 Å². The number of carbonyl (C=O) groups excluding carboxylic acids is 1. The molecule has 0 atom stereocenters. The van der Waals surface area contributed by atoms with E-state index in [1.807, 2.05) is 0 Å². The van der Waals surface area contributed by atoms with Crippen LogP contribution in [0, 0.1) is 0 Å². The first-order valence-corrected chi connectivity index (χ1v) is 2.21. The summed E-state index contributed by atoms with van der Waals surface area (Å²) in [5.74, 6) is -1.41. The van der Waals surface area contributed by atoms with Gasteiger partial charge < -0.3 is 14.6 Å². The summed E-state index contributed by atoms with van der Waals surface area (Å²) in [6.45, 7) is 0. The van der Waals surface area contributed by atoms with E-state index in [-0.39, 0.29) is 18.9 Å². The van der Waals surface area contributed by atoms with Crippen LogP contribution in [0.2, 0.25) is 0 Å². The van der Waals surface area contributed by atoms with Gasteiger partial charge in [0.2, 0.25) is 0 Å². The Hall–Kier alpha value is -0.593. The standard InChI is InChI=1S/C5H8O4.Li/c1-8-4(6)3-5(7)9-2;/h3,6H,1-2H3;/q;+1/p-1. The van der Waals surface area contributed by atoms with E-state index in [0.717, 1.165) is 6.08 Å². The Morgan fingerprint density at radius 1 is 1.40 bits per heavy atom. The molecular formula is C5H7LiO4. The molecule has 0 bridgehead atoms. The molecule has 0 aliphatic heterocycles. The molecule has 0 rings (SSSR count). The van der Waals surface area contributed by atoms with Crippen LogP contribution in [0.3, 0.4) is 0 Å². The normalized spacial score (nSPS) is 9.60.